The van der Waals surface area contributed by atoms with Gasteiger partial charge in [-0.25, -0.2) is 9.07 Å². The van der Waals surface area contributed by atoms with E-state index in [1.165, 1.54) is 17.9 Å². The van der Waals surface area contributed by atoms with Gasteiger partial charge < -0.3 is 9.84 Å². The van der Waals surface area contributed by atoms with Crippen LogP contribution in [0.1, 0.15) is 34.1 Å². The Kier molecular flexibility index (Phi) is 3.81. The number of nitrogens with zero attached hydrogens (tertiary/aromatic N) is 2. The molecule has 2 aromatic rings. The summed E-state index contributed by atoms with van der Waals surface area (Å²) < 4.78 is 21.0. The van der Waals surface area contributed by atoms with E-state index in [2.05, 4.69) is 5.10 Å². The van der Waals surface area contributed by atoms with Gasteiger partial charge in [0.1, 0.15) is 11.9 Å². The Bertz CT molecular complexity index is 627. The summed E-state index contributed by atoms with van der Waals surface area (Å²) in [6, 6.07) is 3.27. The molecule has 0 radical (unpaired) electrons. The molecule has 0 amide bonds. The molecule has 2 rings (SSSR count). The third-order valence-corrected chi connectivity index (χ3v) is 3.44. The number of benzene rings is 1. The molecule has 1 atom stereocenters. The predicted molar refractivity (Wildman–Crippen MR) is 74.4 cm³/mol. The van der Waals surface area contributed by atoms with Crippen molar-refractivity contribution >= 4 is 0 Å². The van der Waals surface area contributed by atoms with Gasteiger partial charge in [0.05, 0.1) is 18.4 Å². The quantitative estimate of drug-likeness (QED) is 0.938. The van der Waals surface area contributed by atoms with Crippen molar-refractivity contribution in [1.29, 1.82) is 0 Å². The molecule has 20 heavy (non-hydrogen) atoms. The topological polar surface area (TPSA) is 47.3 Å². The van der Waals surface area contributed by atoms with Gasteiger partial charge in [0.15, 0.2) is 0 Å². The van der Waals surface area contributed by atoms with Crippen molar-refractivity contribution in [2.75, 3.05) is 7.11 Å². The van der Waals surface area contributed by atoms with Crippen LogP contribution in [-0.2, 0) is 7.05 Å². The van der Waals surface area contributed by atoms with E-state index < -0.39 is 11.9 Å². The highest BCUT2D eigenvalue weighted by atomic mass is 19.1. The van der Waals surface area contributed by atoms with Gasteiger partial charge in [-0.2, -0.15) is 5.10 Å². The number of aryl methyl sites for hydroxylation is 4. The first-order valence-electron chi connectivity index (χ1n) is 6.39. The van der Waals surface area contributed by atoms with E-state index in [9.17, 15) is 9.50 Å². The van der Waals surface area contributed by atoms with Crippen molar-refractivity contribution < 1.29 is 14.2 Å². The number of aromatic nitrogens is 2. The minimum atomic E-state index is -1.10. The highest BCUT2D eigenvalue weighted by molar-refractivity contribution is 5.43. The molecule has 0 saturated heterocycles. The van der Waals surface area contributed by atoms with Gasteiger partial charge >= 0.3 is 0 Å². The van der Waals surface area contributed by atoms with Crippen LogP contribution in [0.15, 0.2) is 12.1 Å². The Morgan fingerprint density at radius 1 is 1.25 bits per heavy atom. The highest BCUT2D eigenvalue weighted by Gasteiger charge is 2.26. The molecule has 1 aromatic heterocycles. The fourth-order valence-corrected chi connectivity index (χ4v) is 2.63. The smallest absolute Gasteiger partial charge is 0.217 e. The van der Waals surface area contributed by atoms with Gasteiger partial charge in [-0.15, -0.1) is 0 Å². The molecule has 0 aliphatic rings. The largest absolute Gasteiger partial charge is 0.481 e. The van der Waals surface area contributed by atoms with Crippen LogP contribution in [-0.4, -0.2) is 22.0 Å². The van der Waals surface area contributed by atoms with Gasteiger partial charge in [-0.1, -0.05) is 6.07 Å². The number of methoxy groups -OCH3 is 1. The van der Waals surface area contributed by atoms with Crippen molar-refractivity contribution in [2.24, 2.45) is 7.05 Å². The van der Waals surface area contributed by atoms with Crippen molar-refractivity contribution in [3.05, 3.63) is 45.9 Å². The molecule has 1 aromatic carbocycles. The summed E-state index contributed by atoms with van der Waals surface area (Å²) in [5.74, 6) is 0.0229. The summed E-state index contributed by atoms with van der Waals surface area (Å²) in [6.07, 6.45) is -1.10. The molecule has 5 heteroatoms. The molecular weight excluding hydrogens is 259 g/mol. The SMILES string of the molecule is COc1c(C(O)c2c(C)cc(C)cc2F)c(C)nn1C. The molecule has 0 fully saturated rings. The lowest BCUT2D eigenvalue weighted by atomic mass is 9.95. The van der Waals surface area contributed by atoms with E-state index in [1.807, 2.05) is 13.0 Å². The van der Waals surface area contributed by atoms with E-state index in [0.717, 1.165) is 5.56 Å². The maximum Gasteiger partial charge on any atom is 0.217 e. The van der Waals surface area contributed by atoms with Crippen molar-refractivity contribution in [3.8, 4) is 5.88 Å². The van der Waals surface area contributed by atoms with Crippen LogP contribution < -0.4 is 4.74 Å². The van der Waals surface area contributed by atoms with Crippen molar-refractivity contribution in [1.82, 2.24) is 9.78 Å². The Labute approximate surface area is 117 Å². The van der Waals surface area contributed by atoms with Crippen LogP contribution in [0.3, 0.4) is 0 Å². The number of aliphatic hydroxyl groups is 1. The second-order valence-corrected chi connectivity index (χ2v) is 5.01. The van der Waals surface area contributed by atoms with Gasteiger partial charge in [-0.05, 0) is 38.0 Å². The van der Waals surface area contributed by atoms with Gasteiger partial charge in [0.2, 0.25) is 5.88 Å². The average molecular weight is 278 g/mol. The van der Waals surface area contributed by atoms with Gasteiger partial charge in [0, 0.05) is 12.6 Å². The van der Waals surface area contributed by atoms with Crippen LogP contribution >= 0.6 is 0 Å². The first-order chi connectivity index (χ1) is 9.36. The lowest BCUT2D eigenvalue weighted by Gasteiger charge is -2.16. The molecule has 0 aliphatic carbocycles. The molecule has 108 valence electrons. The third-order valence-electron chi connectivity index (χ3n) is 3.44. The number of hydrogen-bond acceptors (Lipinski definition) is 3. The lowest BCUT2D eigenvalue weighted by molar-refractivity contribution is 0.207. The summed E-state index contributed by atoms with van der Waals surface area (Å²) in [6.45, 7) is 5.37. The fraction of sp³-hybridized carbons (Fsp3) is 0.400. The standard InChI is InChI=1S/C15H19FN2O2/c1-8-6-9(2)12(11(16)7-8)14(19)13-10(3)17-18(4)15(13)20-5/h6-7,14,19H,1-5H3. The van der Waals surface area contributed by atoms with Crippen LogP contribution in [0, 0.1) is 26.6 Å². The second-order valence-electron chi connectivity index (χ2n) is 5.01. The van der Waals surface area contributed by atoms with Gasteiger partial charge in [-0.3, -0.25) is 0 Å². The number of hydrogen-bond donors (Lipinski definition) is 1. The third kappa shape index (κ3) is 2.29. The van der Waals surface area contributed by atoms with E-state index in [4.69, 9.17) is 4.74 Å². The molecule has 0 spiro atoms. The fourth-order valence-electron chi connectivity index (χ4n) is 2.63. The van der Waals surface area contributed by atoms with E-state index in [1.54, 1.807) is 20.9 Å². The van der Waals surface area contributed by atoms with Crippen molar-refractivity contribution in [2.45, 2.75) is 26.9 Å². The zero-order valence-electron chi connectivity index (χ0n) is 12.4. The number of ether oxygens (including phenoxy) is 1. The van der Waals surface area contributed by atoms with Crippen LogP contribution in [0.5, 0.6) is 5.88 Å². The molecule has 1 unspecified atom stereocenters. The summed E-state index contributed by atoms with van der Waals surface area (Å²) in [5, 5.41) is 14.8. The lowest BCUT2D eigenvalue weighted by Crippen LogP contribution is -2.08. The van der Waals surface area contributed by atoms with E-state index >= 15 is 0 Å². The zero-order valence-corrected chi connectivity index (χ0v) is 12.4. The molecular formula is C15H19FN2O2. The van der Waals surface area contributed by atoms with Crippen molar-refractivity contribution in [3.63, 3.8) is 0 Å². The molecule has 4 nitrogen and oxygen atoms in total. The molecule has 0 saturated carbocycles. The second kappa shape index (κ2) is 5.25. The number of rotatable bonds is 3. The maximum absolute atomic E-state index is 14.2. The summed E-state index contributed by atoms with van der Waals surface area (Å²) >= 11 is 0. The Balaban J connectivity index is 2.60. The molecule has 1 N–H and O–H groups in total. The monoisotopic (exact) mass is 278 g/mol. The van der Waals surface area contributed by atoms with Crippen LogP contribution in [0.4, 0.5) is 4.39 Å². The molecule has 0 bridgehead atoms. The molecule has 0 aliphatic heterocycles. The zero-order chi connectivity index (χ0) is 15.0. The summed E-state index contributed by atoms with van der Waals surface area (Å²) in [4.78, 5) is 0. The van der Waals surface area contributed by atoms with Crippen LogP contribution in [0.25, 0.3) is 0 Å². The number of aliphatic hydroxyl groups excluding tert-OH is 1. The minimum Gasteiger partial charge on any atom is -0.481 e. The first-order valence-corrected chi connectivity index (χ1v) is 6.39. The molecule has 1 heterocycles. The first kappa shape index (κ1) is 14.5. The number of halogens is 1. The predicted octanol–water partition coefficient (Wildman–Crippen LogP) is 2.57. The Morgan fingerprint density at radius 2 is 1.90 bits per heavy atom. The Morgan fingerprint density at radius 3 is 2.45 bits per heavy atom. The minimum absolute atomic E-state index is 0.269. The Hall–Kier alpha value is -1.88. The maximum atomic E-state index is 14.2. The average Bonchev–Trinajstić information content (AvgIpc) is 2.61. The normalized spacial score (nSPS) is 12.6. The summed E-state index contributed by atoms with van der Waals surface area (Å²) in [5.41, 5.74) is 2.92. The van der Waals surface area contributed by atoms with Gasteiger partial charge in [0.25, 0.3) is 0 Å². The van der Waals surface area contributed by atoms with E-state index in [-0.39, 0.29) is 5.56 Å². The van der Waals surface area contributed by atoms with Crippen LogP contribution in [0.2, 0.25) is 0 Å². The summed E-state index contributed by atoms with van der Waals surface area (Å²) in [7, 11) is 3.23. The highest BCUT2D eigenvalue weighted by Crippen LogP contribution is 2.35. The van der Waals surface area contributed by atoms with E-state index in [0.29, 0.717) is 22.7 Å².